The van der Waals surface area contributed by atoms with E-state index in [0.717, 1.165) is 27.2 Å². The van der Waals surface area contributed by atoms with Crippen molar-refractivity contribution in [1.29, 1.82) is 0 Å². The number of aliphatic carboxylic acids is 1. The Morgan fingerprint density at radius 3 is 2.18 bits per heavy atom. The van der Waals surface area contributed by atoms with Gasteiger partial charge in [-0.05, 0) is 35.1 Å². The number of alkyl carbamates (subject to hydrolysis) is 1. The lowest BCUT2D eigenvalue weighted by molar-refractivity contribution is -0.146. The highest BCUT2D eigenvalue weighted by atomic mass is 19.3. The molecule has 0 unspecified atom stereocenters. The molecule has 2 fully saturated rings. The second-order valence-electron chi connectivity index (χ2n) is 9.06. The number of hydrogen-bond donors (Lipinski definition) is 2. The highest BCUT2D eigenvalue weighted by Crippen LogP contribution is 2.56. The van der Waals surface area contributed by atoms with Gasteiger partial charge in [-0.25, -0.2) is 13.6 Å². The summed E-state index contributed by atoms with van der Waals surface area (Å²) >= 11 is 0. The standard InChI is InChI=1S/C25H24F2N2O5/c26-25(27)20(22(25)23(32)29(12-21(30)31)14-9-10-14)11-28-24(33)34-13-19-17-7-3-1-5-15(17)16-6-2-4-8-18(16)19/h1-8,14,19-20,22H,9-13H2,(H,28,33)(H,30,31)/t20-,22-/m0/s1. The van der Waals surface area contributed by atoms with Gasteiger partial charge in [-0.2, -0.15) is 0 Å². The monoisotopic (exact) mass is 470 g/mol. The van der Waals surface area contributed by atoms with E-state index in [1.54, 1.807) is 0 Å². The minimum Gasteiger partial charge on any atom is -0.480 e. The Hall–Kier alpha value is -3.49. The molecule has 0 bridgehead atoms. The van der Waals surface area contributed by atoms with Crippen molar-refractivity contribution >= 4 is 18.0 Å². The molecule has 0 heterocycles. The summed E-state index contributed by atoms with van der Waals surface area (Å²) in [7, 11) is 0. The van der Waals surface area contributed by atoms with Crippen molar-refractivity contribution in [3.05, 3.63) is 59.7 Å². The molecule has 2 atom stereocenters. The maximum Gasteiger partial charge on any atom is 0.407 e. The Kier molecular flexibility index (Phi) is 5.50. The first kappa shape index (κ1) is 22.3. The fourth-order valence-electron chi connectivity index (χ4n) is 4.92. The van der Waals surface area contributed by atoms with E-state index in [1.165, 1.54) is 0 Å². The van der Waals surface area contributed by atoms with E-state index in [2.05, 4.69) is 5.32 Å². The molecule has 2 aromatic carbocycles. The van der Waals surface area contributed by atoms with E-state index in [1.807, 2.05) is 48.5 Å². The summed E-state index contributed by atoms with van der Waals surface area (Å²) < 4.78 is 34.0. The van der Waals surface area contributed by atoms with Crippen molar-refractivity contribution in [3.8, 4) is 11.1 Å². The predicted molar refractivity (Wildman–Crippen MR) is 117 cm³/mol. The van der Waals surface area contributed by atoms with Crippen LogP contribution in [0.1, 0.15) is 29.9 Å². The molecule has 0 aliphatic heterocycles. The number of benzene rings is 2. The summed E-state index contributed by atoms with van der Waals surface area (Å²) in [6.07, 6.45) is 0.389. The minimum atomic E-state index is -3.29. The molecule has 0 aromatic heterocycles. The lowest BCUT2D eigenvalue weighted by Gasteiger charge is -2.20. The van der Waals surface area contributed by atoms with Gasteiger partial charge in [0.2, 0.25) is 5.91 Å². The number of amides is 2. The van der Waals surface area contributed by atoms with E-state index < -0.39 is 48.8 Å². The number of carboxylic acids is 1. The van der Waals surface area contributed by atoms with Crippen LogP contribution < -0.4 is 5.32 Å². The van der Waals surface area contributed by atoms with Crippen LogP contribution in [0.5, 0.6) is 0 Å². The van der Waals surface area contributed by atoms with Gasteiger partial charge in [0.05, 0.1) is 5.92 Å². The molecule has 178 valence electrons. The maximum atomic E-state index is 14.3. The molecule has 5 rings (SSSR count). The zero-order chi connectivity index (χ0) is 24.0. The second-order valence-corrected chi connectivity index (χ2v) is 9.06. The van der Waals surface area contributed by atoms with Crippen LogP contribution in [-0.4, -0.2) is 59.6 Å². The highest BCUT2D eigenvalue weighted by Gasteiger charge is 2.72. The number of hydrogen-bond acceptors (Lipinski definition) is 4. The number of nitrogens with one attached hydrogen (secondary N) is 1. The number of carbonyl (C=O) groups is 3. The topological polar surface area (TPSA) is 95.9 Å². The van der Waals surface area contributed by atoms with Crippen molar-refractivity contribution in [2.24, 2.45) is 11.8 Å². The number of carbonyl (C=O) groups excluding carboxylic acids is 2. The van der Waals surface area contributed by atoms with Crippen molar-refractivity contribution in [3.63, 3.8) is 0 Å². The normalized spacial score (nSPS) is 21.8. The van der Waals surface area contributed by atoms with Gasteiger partial charge in [-0.1, -0.05) is 48.5 Å². The van der Waals surface area contributed by atoms with Crippen LogP contribution in [-0.2, 0) is 14.3 Å². The molecule has 7 nitrogen and oxygen atoms in total. The smallest absolute Gasteiger partial charge is 0.407 e. The number of rotatable bonds is 8. The van der Waals surface area contributed by atoms with E-state index in [0.29, 0.717) is 12.8 Å². The third-order valence-corrected chi connectivity index (χ3v) is 6.85. The largest absolute Gasteiger partial charge is 0.480 e. The molecule has 34 heavy (non-hydrogen) atoms. The Balaban J connectivity index is 1.17. The van der Waals surface area contributed by atoms with Crippen LogP contribution in [0.2, 0.25) is 0 Å². The third-order valence-electron chi connectivity index (χ3n) is 6.85. The Labute approximate surface area is 194 Å². The molecule has 2 aromatic rings. The molecule has 9 heteroatoms. The molecule has 0 radical (unpaired) electrons. The lowest BCUT2D eigenvalue weighted by Crippen LogP contribution is -2.39. The van der Waals surface area contributed by atoms with Gasteiger partial charge in [-0.15, -0.1) is 0 Å². The highest BCUT2D eigenvalue weighted by molar-refractivity contribution is 5.87. The van der Waals surface area contributed by atoms with E-state index in [-0.39, 0.29) is 18.6 Å². The molecule has 0 saturated heterocycles. The maximum absolute atomic E-state index is 14.3. The summed E-state index contributed by atoms with van der Waals surface area (Å²) in [5.74, 6) is -8.55. The summed E-state index contributed by atoms with van der Waals surface area (Å²) in [5, 5.41) is 11.4. The lowest BCUT2D eigenvalue weighted by atomic mass is 9.98. The number of halogens is 2. The number of carboxylic acid groups (broad SMARTS) is 1. The van der Waals surface area contributed by atoms with E-state index in [9.17, 15) is 23.2 Å². The Morgan fingerprint density at radius 2 is 1.62 bits per heavy atom. The predicted octanol–water partition coefficient (Wildman–Crippen LogP) is 3.48. The van der Waals surface area contributed by atoms with E-state index in [4.69, 9.17) is 9.84 Å². The molecule has 2 N–H and O–H groups in total. The van der Waals surface area contributed by atoms with Gasteiger partial charge < -0.3 is 20.1 Å². The van der Waals surface area contributed by atoms with Gasteiger partial charge in [0.25, 0.3) is 5.92 Å². The number of nitrogens with zero attached hydrogens (tertiary/aromatic N) is 1. The number of alkyl halides is 2. The van der Waals surface area contributed by atoms with Gasteiger partial charge in [0, 0.05) is 18.5 Å². The van der Waals surface area contributed by atoms with Crippen molar-refractivity contribution in [2.45, 2.75) is 30.7 Å². The first-order valence-electron chi connectivity index (χ1n) is 11.3. The molecule has 3 aliphatic rings. The summed E-state index contributed by atoms with van der Waals surface area (Å²) in [4.78, 5) is 36.9. The van der Waals surface area contributed by atoms with Gasteiger partial charge in [0.15, 0.2) is 0 Å². The minimum absolute atomic E-state index is 0.0529. The quantitative estimate of drug-likeness (QED) is 0.616. The number of fused-ring (bicyclic) bond motifs is 3. The van der Waals surface area contributed by atoms with Gasteiger partial charge in [0.1, 0.15) is 19.1 Å². The summed E-state index contributed by atoms with van der Waals surface area (Å²) in [5.41, 5.74) is 4.23. The van der Waals surface area contributed by atoms with Crippen LogP contribution in [0, 0.1) is 11.8 Å². The molecule has 2 saturated carbocycles. The van der Waals surface area contributed by atoms with Crippen LogP contribution in [0.15, 0.2) is 48.5 Å². The SMILES string of the molecule is O=C(O)CN(C(=O)[C@@H]1[C@H](CNC(=O)OCC2c3ccccc3-c3ccccc32)C1(F)F)C1CC1. The Bertz CT molecular complexity index is 1100. The third kappa shape index (κ3) is 3.99. The second kappa shape index (κ2) is 8.38. The van der Waals surface area contributed by atoms with E-state index >= 15 is 0 Å². The van der Waals surface area contributed by atoms with Gasteiger partial charge in [-0.3, -0.25) is 9.59 Å². The first-order chi connectivity index (χ1) is 16.3. The van der Waals surface area contributed by atoms with Crippen LogP contribution >= 0.6 is 0 Å². The zero-order valence-corrected chi connectivity index (χ0v) is 18.2. The fourth-order valence-corrected chi connectivity index (χ4v) is 4.92. The molecular weight excluding hydrogens is 446 g/mol. The van der Waals surface area contributed by atoms with Crippen molar-refractivity contribution in [2.75, 3.05) is 19.7 Å². The van der Waals surface area contributed by atoms with Crippen LogP contribution in [0.4, 0.5) is 13.6 Å². The van der Waals surface area contributed by atoms with Crippen LogP contribution in [0.25, 0.3) is 11.1 Å². The molecular formula is C25H24F2N2O5. The fraction of sp³-hybridized carbons (Fsp3) is 0.400. The summed E-state index contributed by atoms with van der Waals surface area (Å²) in [6, 6.07) is 15.4. The number of ether oxygens (including phenoxy) is 1. The zero-order valence-electron chi connectivity index (χ0n) is 18.2. The first-order valence-corrected chi connectivity index (χ1v) is 11.3. The van der Waals surface area contributed by atoms with Crippen molar-refractivity contribution < 1.29 is 33.0 Å². The Morgan fingerprint density at radius 1 is 1.03 bits per heavy atom. The van der Waals surface area contributed by atoms with Crippen molar-refractivity contribution in [1.82, 2.24) is 10.2 Å². The average Bonchev–Trinajstić information content (AvgIpc) is 3.71. The average molecular weight is 470 g/mol. The molecule has 3 aliphatic carbocycles. The van der Waals surface area contributed by atoms with Gasteiger partial charge >= 0.3 is 12.1 Å². The molecule has 0 spiro atoms. The molecule has 2 amide bonds. The summed E-state index contributed by atoms with van der Waals surface area (Å²) in [6.45, 7) is -0.967. The van der Waals surface area contributed by atoms with Crippen LogP contribution in [0.3, 0.4) is 0 Å².